The van der Waals surface area contributed by atoms with Gasteiger partial charge >= 0.3 is 5.97 Å². The smallest absolute Gasteiger partial charge is 0.339 e. The molecular weight excluding hydrogens is 418 g/mol. The van der Waals surface area contributed by atoms with Crippen molar-refractivity contribution in [1.29, 1.82) is 0 Å². The molecule has 4 rings (SSSR count). The summed E-state index contributed by atoms with van der Waals surface area (Å²) in [6, 6.07) is 11.8. The Morgan fingerprint density at radius 1 is 0.968 bits per heavy atom. The predicted octanol–water partition coefficient (Wildman–Crippen LogP) is 3.21. The predicted molar refractivity (Wildman–Crippen MR) is 115 cm³/mol. The number of ether oxygens (including phenoxy) is 3. The van der Waals surface area contributed by atoms with E-state index in [1.807, 2.05) is 4.90 Å². The monoisotopic (exact) mass is 441 g/mol. The van der Waals surface area contributed by atoms with Crippen LogP contribution in [-0.4, -0.2) is 61.2 Å². The second-order valence-electron chi connectivity index (χ2n) is 7.23. The molecule has 2 aromatic rings. The lowest BCUT2D eigenvalue weighted by Crippen LogP contribution is -2.29. The van der Waals surface area contributed by atoms with Gasteiger partial charge in [-0.1, -0.05) is 12.1 Å². The summed E-state index contributed by atoms with van der Waals surface area (Å²) in [6.07, 6.45) is 2.08. The number of nitrogens with zero attached hydrogens (tertiary/aromatic N) is 1. The van der Waals surface area contributed by atoms with E-state index in [0.29, 0.717) is 40.7 Å². The van der Waals surface area contributed by atoms with Gasteiger partial charge in [-0.15, -0.1) is 11.8 Å². The standard InChI is InChI=1S/C23H23NO6S/c25-18(16-7-8-19-20(13-16)29-12-11-28-19)14-30-23(27)17-5-1-2-6-21(17)31-15-22(26)24-9-3-4-10-24/h1-2,5-8,13H,3-4,9-12,14-15H2. The lowest BCUT2D eigenvalue weighted by molar-refractivity contribution is -0.127. The molecule has 1 saturated heterocycles. The first-order valence-corrected chi connectivity index (χ1v) is 11.2. The molecule has 162 valence electrons. The van der Waals surface area contributed by atoms with Crippen LogP contribution in [0.4, 0.5) is 0 Å². The van der Waals surface area contributed by atoms with Crippen LogP contribution in [0.15, 0.2) is 47.4 Å². The molecule has 0 N–H and O–H groups in total. The highest BCUT2D eigenvalue weighted by molar-refractivity contribution is 8.00. The number of hydrogen-bond acceptors (Lipinski definition) is 7. The molecule has 8 heteroatoms. The van der Waals surface area contributed by atoms with Crippen LogP contribution >= 0.6 is 11.8 Å². The van der Waals surface area contributed by atoms with Crippen LogP contribution in [-0.2, 0) is 9.53 Å². The Kier molecular flexibility index (Phi) is 6.76. The molecule has 1 fully saturated rings. The van der Waals surface area contributed by atoms with Crippen molar-refractivity contribution in [1.82, 2.24) is 4.90 Å². The fourth-order valence-corrected chi connectivity index (χ4v) is 4.41. The van der Waals surface area contributed by atoms with Crippen LogP contribution in [0.3, 0.4) is 0 Å². The maximum Gasteiger partial charge on any atom is 0.339 e. The Morgan fingerprint density at radius 2 is 1.71 bits per heavy atom. The topological polar surface area (TPSA) is 82.1 Å². The summed E-state index contributed by atoms with van der Waals surface area (Å²) >= 11 is 1.31. The zero-order chi connectivity index (χ0) is 21.6. The van der Waals surface area contributed by atoms with Gasteiger partial charge in [0, 0.05) is 23.5 Å². The number of esters is 1. The zero-order valence-corrected chi connectivity index (χ0v) is 17.8. The van der Waals surface area contributed by atoms with Crippen molar-refractivity contribution in [3.63, 3.8) is 0 Å². The number of rotatable bonds is 7. The maximum absolute atomic E-state index is 12.6. The quantitative estimate of drug-likeness (QED) is 0.371. The molecule has 0 spiro atoms. The number of ketones is 1. The molecule has 0 saturated carbocycles. The van der Waals surface area contributed by atoms with Gasteiger partial charge in [-0.3, -0.25) is 9.59 Å². The number of fused-ring (bicyclic) bond motifs is 1. The molecule has 0 atom stereocenters. The van der Waals surface area contributed by atoms with E-state index in [-0.39, 0.29) is 24.1 Å². The highest BCUT2D eigenvalue weighted by Gasteiger charge is 2.21. The highest BCUT2D eigenvalue weighted by atomic mass is 32.2. The molecule has 1 amide bonds. The molecule has 0 bridgehead atoms. The second kappa shape index (κ2) is 9.87. The van der Waals surface area contributed by atoms with E-state index >= 15 is 0 Å². The Morgan fingerprint density at radius 3 is 2.52 bits per heavy atom. The highest BCUT2D eigenvalue weighted by Crippen LogP contribution is 2.31. The van der Waals surface area contributed by atoms with Crippen LogP contribution in [0, 0.1) is 0 Å². The van der Waals surface area contributed by atoms with E-state index in [9.17, 15) is 14.4 Å². The van der Waals surface area contributed by atoms with Crippen molar-refractivity contribution < 1.29 is 28.6 Å². The normalized spacial score (nSPS) is 14.9. The third-order valence-corrected chi connectivity index (χ3v) is 6.17. The number of likely N-dealkylation sites (tertiary alicyclic amines) is 1. The van der Waals surface area contributed by atoms with Crippen molar-refractivity contribution in [3.05, 3.63) is 53.6 Å². The van der Waals surface area contributed by atoms with Gasteiger partial charge in [-0.05, 0) is 43.2 Å². The van der Waals surface area contributed by atoms with Gasteiger partial charge in [-0.25, -0.2) is 4.79 Å². The summed E-state index contributed by atoms with van der Waals surface area (Å²) in [5.41, 5.74) is 0.729. The number of benzene rings is 2. The number of carbonyl (C=O) groups is 3. The van der Waals surface area contributed by atoms with Crippen molar-refractivity contribution in [2.45, 2.75) is 17.7 Å². The molecule has 31 heavy (non-hydrogen) atoms. The van der Waals surface area contributed by atoms with Crippen LogP contribution in [0.1, 0.15) is 33.6 Å². The largest absolute Gasteiger partial charge is 0.486 e. The zero-order valence-electron chi connectivity index (χ0n) is 17.0. The molecule has 0 radical (unpaired) electrons. The van der Waals surface area contributed by atoms with E-state index in [2.05, 4.69) is 0 Å². The number of thioether (sulfide) groups is 1. The summed E-state index contributed by atoms with van der Waals surface area (Å²) in [6.45, 7) is 2.10. The lowest BCUT2D eigenvalue weighted by Gasteiger charge is -2.18. The molecule has 0 aliphatic carbocycles. The van der Waals surface area contributed by atoms with E-state index in [1.165, 1.54) is 11.8 Å². The minimum absolute atomic E-state index is 0.0689. The summed E-state index contributed by atoms with van der Waals surface area (Å²) < 4.78 is 16.2. The van der Waals surface area contributed by atoms with Crippen molar-refractivity contribution in [3.8, 4) is 11.5 Å². The van der Waals surface area contributed by atoms with Crippen molar-refractivity contribution in [2.24, 2.45) is 0 Å². The lowest BCUT2D eigenvalue weighted by atomic mass is 10.1. The molecule has 2 aromatic carbocycles. The van der Waals surface area contributed by atoms with E-state index < -0.39 is 5.97 Å². The number of carbonyl (C=O) groups excluding carboxylic acids is 3. The first-order chi connectivity index (χ1) is 15.1. The minimum Gasteiger partial charge on any atom is -0.486 e. The molecule has 2 aliphatic heterocycles. The minimum atomic E-state index is -0.595. The molecule has 0 aromatic heterocycles. The first kappa shape index (κ1) is 21.2. The van der Waals surface area contributed by atoms with Crippen molar-refractivity contribution >= 4 is 29.4 Å². The average molecular weight is 442 g/mol. The Bertz CT molecular complexity index is 986. The van der Waals surface area contributed by atoms with Crippen LogP contribution in [0.2, 0.25) is 0 Å². The molecule has 7 nitrogen and oxygen atoms in total. The summed E-state index contributed by atoms with van der Waals surface area (Å²) in [5, 5.41) is 0. The fraction of sp³-hybridized carbons (Fsp3) is 0.348. The molecule has 0 unspecified atom stereocenters. The maximum atomic E-state index is 12.6. The fourth-order valence-electron chi connectivity index (χ4n) is 3.47. The van der Waals surface area contributed by atoms with Gasteiger partial charge in [0.15, 0.2) is 23.9 Å². The number of amides is 1. The third kappa shape index (κ3) is 5.19. The van der Waals surface area contributed by atoms with E-state index in [0.717, 1.165) is 25.9 Å². The molecule has 2 aliphatic rings. The number of Topliss-reactive ketones (excluding diaryl/α,β-unsaturated/α-hetero) is 1. The molecule has 2 heterocycles. The second-order valence-corrected chi connectivity index (χ2v) is 8.25. The van der Waals surface area contributed by atoms with Crippen LogP contribution in [0.25, 0.3) is 0 Å². The average Bonchev–Trinajstić information content (AvgIpc) is 3.36. The van der Waals surface area contributed by atoms with Gasteiger partial charge in [0.05, 0.1) is 11.3 Å². The Balaban J connectivity index is 1.35. The first-order valence-electron chi connectivity index (χ1n) is 10.2. The van der Waals surface area contributed by atoms with Gasteiger partial charge < -0.3 is 19.1 Å². The van der Waals surface area contributed by atoms with E-state index in [1.54, 1.807) is 42.5 Å². The van der Waals surface area contributed by atoms with Gasteiger partial charge in [-0.2, -0.15) is 0 Å². The summed E-state index contributed by atoms with van der Waals surface area (Å²) in [5.74, 6) is 0.504. The third-order valence-electron chi connectivity index (χ3n) is 5.12. The van der Waals surface area contributed by atoms with Crippen molar-refractivity contribution in [2.75, 3.05) is 38.7 Å². The van der Waals surface area contributed by atoms with Gasteiger partial charge in [0.2, 0.25) is 5.91 Å². The molecular formula is C23H23NO6S. The van der Waals surface area contributed by atoms with Crippen LogP contribution < -0.4 is 9.47 Å². The SMILES string of the molecule is O=C(COC(=O)c1ccccc1SCC(=O)N1CCCC1)c1ccc2c(c1)OCCO2. The van der Waals surface area contributed by atoms with E-state index in [4.69, 9.17) is 14.2 Å². The Hall–Kier alpha value is -3.00. The Labute approximate surface area is 184 Å². The van der Waals surface area contributed by atoms with Crippen LogP contribution in [0.5, 0.6) is 11.5 Å². The van der Waals surface area contributed by atoms with Gasteiger partial charge in [0.1, 0.15) is 13.2 Å². The summed E-state index contributed by atoms with van der Waals surface area (Å²) in [7, 11) is 0. The summed E-state index contributed by atoms with van der Waals surface area (Å²) in [4.78, 5) is 39.9. The number of hydrogen-bond donors (Lipinski definition) is 0. The van der Waals surface area contributed by atoms with Gasteiger partial charge in [0.25, 0.3) is 0 Å².